The number of nitro benzene ring substituents is 1. The van der Waals surface area contributed by atoms with Crippen LogP contribution in [0.2, 0.25) is 5.15 Å². The van der Waals surface area contributed by atoms with Crippen LogP contribution in [0.5, 0.6) is 0 Å². The average molecular weight is 346 g/mol. The maximum atomic E-state index is 14.1. The van der Waals surface area contributed by atoms with E-state index in [0.29, 0.717) is 18.7 Å². The first-order valence-electron chi connectivity index (χ1n) is 6.62. The van der Waals surface area contributed by atoms with Crippen molar-refractivity contribution in [3.05, 3.63) is 49.4 Å². The molecule has 122 valence electrons. The number of halogens is 3. The summed E-state index contributed by atoms with van der Waals surface area (Å²) in [7, 11) is 0. The van der Waals surface area contributed by atoms with Crippen molar-refractivity contribution < 1.29 is 18.4 Å². The quantitative estimate of drug-likeness (QED) is 0.617. The first kappa shape index (κ1) is 15.6. The van der Waals surface area contributed by atoms with Crippen LogP contribution in [0, 0.1) is 21.7 Å². The van der Waals surface area contributed by atoms with Gasteiger partial charge in [-0.1, -0.05) is 11.6 Å². The number of hydrogen-bond acceptors (Lipinski definition) is 4. The smallest absolute Gasteiger partial charge is 0.305 e. The molecule has 7 nitrogen and oxygen atoms in total. The van der Waals surface area contributed by atoms with Gasteiger partial charge < -0.3 is 4.74 Å². The monoisotopic (exact) mass is 345 g/mol. The maximum Gasteiger partial charge on any atom is 0.305 e. The van der Waals surface area contributed by atoms with Gasteiger partial charge in [0.2, 0.25) is 5.82 Å². The first-order valence-corrected chi connectivity index (χ1v) is 7.00. The maximum absolute atomic E-state index is 14.1. The second kappa shape index (κ2) is 5.74. The van der Waals surface area contributed by atoms with Gasteiger partial charge in [-0.2, -0.15) is 4.39 Å². The summed E-state index contributed by atoms with van der Waals surface area (Å²) >= 11 is 6.15. The molecule has 1 aromatic heterocycles. The van der Waals surface area contributed by atoms with Crippen LogP contribution in [0.3, 0.4) is 0 Å². The molecule has 3 rings (SSSR count). The molecule has 10 heteroatoms. The molecule has 0 N–H and O–H groups in total. The van der Waals surface area contributed by atoms with E-state index in [1.54, 1.807) is 0 Å². The van der Waals surface area contributed by atoms with E-state index in [9.17, 15) is 23.7 Å². The molecule has 23 heavy (non-hydrogen) atoms. The fourth-order valence-corrected chi connectivity index (χ4v) is 2.86. The Hall–Kier alpha value is -2.26. The predicted octanol–water partition coefficient (Wildman–Crippen LogP) is 2.19. The number of hydrogen-bond donors (Lipinski definition) is 0. The van der Waals surface area contributed by atoms with E-state index in [-0.39, 0.29) is 30.4 Å². The molecule has 0 spiro atoms. The van der Waals surface area contributed by atoms with E-state index in [0.717, 1.165) is 0 Å². The molecular weight excluding hydrogens is 336 g/mol. The van der Waals surface area contributed by atoms with Crippen molar-refractivity contribution in [2.75, 3.05) is 13.2 Å². The second-order valence-corrected chi connectivity index (χ2v) is 5.23. The van der Waals surface area contributed by atoms with Crippen molar-refractivity contribution in [3.63, 3.8) is 0 Å². The van der Waals surface area contributed by atoms with Gasteiger partial charge >= 0.3 is 5.69 Å². The molecule has 0 saturated carbocycles. The van der Waals surface area contributed by atoms with E-state index in [4.69, 9.17) is 16.3 Å². The number of benzene rings is 1. The molecule has 0 unspecified atom stereocenters. The zero-order chi connectivity index (χ0) is 16.7. The van der Waals surface area contributed by atoms with Crippen LogP contribution in [0.1, 0.15) is 0 Å². The number of nitrogens with zero attached hydrogens (tertiary/aromatic N) is 3. The number of rotatable bonds is 2. The van der Waals surface area contributed by atoms with E-state index >= 15 is 0 Å². The number of aromatic nitrogens is 2. The second-order valence-electron chi connectivity index (χ2n) is 4.87. The Labute approximate surface area is 132 Å². The molecule has 1 aromatic carbocycles. The lowest BCUT2D eigenvalue weighted by Crippen LogP contribution is -2.23. The Kier molecular flexibility index (Phi) is 3.90. The molecular formula is C13H10ClF2N3O4. The summed E-state index contributed by atoms with van der Waals surface area (Å²) in [6.07, 6.45) is 0. The third-order valence-corrected chi connectivity index (χ3v) is 3.95. The summed E-state index contributed by atoms with van der Waals surface area (Å²) in [6, 6.07) is 1.06. The Morgan fingerprint density at radius 1 is 1.17 bits per heavy atom. The minimum atomic E-state index is -1.32. The van der Waals surface area contributed by atoms with Gasteiger partial charge in [-0.05, 0) is 0 Å². The van der Waals surface area contributed by atoms with Crippen LogP contribution in [-0.4, -0.2) is 27.5 Å². The molecule has 1 aliphatic heterocycles. The van der Waals surface area contributed by atoms with Crippen LogP contribution in [0.4, 0.5) is 14.5 Å². The molecule has 0 atom stereocenters. The number of ether oxygens (including phenoxy) is 1. The third kappa shape index (κ3) is 2.51. The molecule has 0 bridgehead atoms. The Bertz CT molecular complexity index is 862. The first-order chi connectivity index (χ1) is 10.9. The van der Waals surface area contributed by atoms with Gasteiger partial charge in [-0.15, -0.1) is 0 Å². The van der Waals surface area contributed by atoms with Crippen LogP contribution >= 0.6 is 11.6 Å². The van der Waals surface area contributed by atoms with Crippen molar-refractivity contribution in [2.24, 2.45) is 0 Å². The fraction of sp³-hybridized carbons (Fsp3) is 0.308. The molecule has 0 saturated heterocycles. The van der Waals surface area contributed by atoms with Crippen molar-refractivity contribution in [1.82, 2.24) is 9.36 Å². The topological polar surface area (TPSA) is 79.3 Å². The van der Waals surface area contributed by atoms with E-state index in [1.807, 2.05) is 0 Å². The van der Waals surface area contributed by atoms with E-state index in [2.05, 4.69) is 0 Å². The minimum Gasteiger partial charge on any atom is -0.378 e. The van der Waals surface area contributed by atoms with E-state index < -0.39 is 33.4 Å². The highest BCUT2D eigenvalue weighted by Gasteiger charge is 2.27. The van der Waals surface area contributed by atoms with E-state index in [1.165, 1.54) is 9.36 Å². The Balaban J connectivity index is 2.26. The van der Waals surface area contributed by atoms with Gasteiger partial charge in [0.25, 0.3) is 5.56 Å². The fourth-order valence-electron chi connectivity index (χ4n) is 2.50. The standard InChI is InChI=1S/C13H10ClF2N3O4/c14-12-11(13(20)18-2-4-23-3-1-17(12)18)7-5-10(19(21)22)9(16)6-8(7)15/h5-6H,1-4H2. The average Bonchev–Trinajstić information content (AvgIpc) is 2.68. The van der Waals surface area contributed by atoms with Gasteiger partial charge in [0, 0.05) is 17.7 Å². The zero-order valence-corrected chi connectivity index (χ0v) is 12.3. The molecule has 2 heterocycles. The Morgan fingerprint density at radius 3 is 2.48 bits per heavy atom. The molecule has 0 aliphatic carbocycles. The summed E-state index contributed by atoms with van der Waals surface area (Å²) in [5.41, 5.74) is -2.16. The highest BCUT2D eigenvalue weighted by molar-refractivity contribution is 6.32. The normalized spacial score (nSPS) is 14.4. The highest BCUT2D eigenvalue weighted by Crippen LogP contribution is 2.32. The largest absolute Gasteiger partial charge is 0.378 e. The molecule has 0 radical (unpaired) electrons. The number of nitro groups is 1. The van der Waals surface area contributed by atoms with Gasteiger partial charge in [0.15, 0.2) is 0 Å². The van der Waals surface area contributed by atoms with Gasteiger partial charge in [-0.25, -0.2) is 9.07 Å². The van der Waals surface area contributed by atoms with Gasteiger partial charge in [0.05, 0.1) is 36.8 Å². The van der Waals surface area contributed by atoms with Gasteiger partial charge in [0.1, 0.15) is 11.0 Å². The predicted molar refractivity (Wildman–Crippen MR) is 76.5 cm³/mol. The summed E-state index contributed by atoms with van der Waals surface area (Å²) in [4.78, 5) is 22.3. The van der Waals surface area contributed by atoms with Gasteiger partial charge in [-0.3, -0.25) is 19.6 Å². The molecule has 1 aliphatic rings. The highest BCUT2D eigenvalue weighted by atomic mass is 35.5. The summed E-state index contributed by atoms with van der Waals surface area (Å²) < 4.78 is 35.5. The van der Waals surface area contributed by atoms with Crippen LogP contribution in [-0.2, 0) is 17.8 Å². The molecule has 0 fully saturated rings. The lowest BCUT2D eigenvalue weighted by molar-refractivity contribution is -0.387. The molecule has 0 amide bonds. The minimum absolute atomic E-state index is 0.0692. The summed E-state index contributed by atoms with van der Waals surface area (Å²) in [6.45, 7) is 1.09. The third-order valence-electron chi connectivity index (χ3n) is 3.57. The van der Waals surface area contributed by atoms with Crippen molar-refractivity contribution in [1.29, 1.82) is 0 Å². The van der Waals surface area contributed by atoms with Crippen LogP contribution in [0.25, 0.3) is 11.1 Å². The van der Waals surface area contributed by atoms with Crippen LogP contribution in [0.15, 0.2) is 16.9 Å². The van der Waals surface area contributed by atoms with Crippen molar-refractivity contribution in [3.8, 4) is 11.1 Å². The SMILES string of the molecule is O=c1c(-c2cc([N+](=O)[O-])c(F)cc2F)c(Cl)n2n1CCOCC2. The lowest BCUT2D eigenvalue weighted by Gasteiger charge is -2.06. The summed E-state index contributed by atoms with van der Waals surface area (Å²) in [5.74, 6) is -2.41. The van der Waals surface area contributed by atoms with Crippen LogP contribution < -0.4 is 5.56 Å². The Morgan fingerprint density at radius 2 is 1.83 bits per heavy atom. The van der Waals surface area contributed by atoms with Crippen molar-refractivity contribution in [2.45, 2.75) is 13.1 Å². The van der Waals surface area contributed by atoms with Crippen molar-refractivity contribution >= 4 is 17.3 Å². The lowest BCUT2D eigenvalue weighted by atomic mass is 10.1. The summed E-state index contributed by atoms with van der Waals surface area (Å²) in [5, 5.41) is 10.8. The molecule has 2 aromatic rings. The number of fused-ring (bicyclic) bond motifs is 1. The zero-order valence-electron chi connectivity index (χ0n) is 11.6.